The van der Waals surface area contributed by atoms with Crippen molar-refractivity contribution in [3.05, 3.63) is 0 Å². The molecule has 1 N–H and O–H groups in total. The molecule has 0 spiro atoms. The van der Waals surface area contributed by atoms with Crippen LogP contribution in [-0.4, -0.2) is 25.8 Å². The summed E-state index contributed by atoms with van der Waals surface area (Å²) >= 11 is 0. The van der Waals surface area contributed by atoms with Crippen LogP contribution >= 0.6 is 0 Å². The van der Waals surface area contributed by atoms with Crippen molar-refractivity contribution in [1.29, 1.82) is 0 Å². The minimum Gasteiger partial charge on any atom is -0.379 e. The van der Waals surface area contributed by atoms with Crippen LogP contribution < -0.4 is 5.32 Å². The van der Waals surface area contributed by atoms with Gasteiger partial charge in [0.1, 0.15) is 0 Å². The van der Waals surface area contributed by atoms with E-state index in [9.17, 15) is 0 Å². The summed E-state index contributed by atoms with van der Waals surface area (Å²) in [6.45, 7) is 7.90. The van der Waals surface area contributed by atoms with Crippen LogP contribution in [0, 0.1) is 5.92 Å². The second kappa shape index (κ2) is 6.39. The zero-order valence-corrected chi connectivity index (χ0v) is 9.01. The Bertz CT molecular complexity index is 115. The van der Waals surface area contributed by atoms with Crippen molar-refractivity contribution in [2.45, 2.75) is 45.6 Å². The minimum atomic E-state index is 0.546. The van der Waals surface area contributed by atoms with Crippen LogP contribution in [0.5, 0.6) is 0 Å². The van der Waals surface area contributed by atoms with Gasteiger partial charge in [-0.15, -0.1) is 0 Å². The number of hydrogen-bond acceptors (Lipinski definition) is 2. The predicted octanol–water partition coefficient (Wildman–Crippen LogP) is 2.19. The molecule has 1 atom stereocenters. The lowest BCUT2D eigenvalue weighted by Gasteiger charge is -2.17. The molecule has 2 heteroatoms. The van der Waals surface area contributed by atoms with Crippen LogP contribution in [0.2, 0.25) is 0 Å². The summed E-state index contributed by atoms with van der Waals surface area (Å²) in [6.07, 6.45) is 5.83. The van der Waals surface area contributed by atoms with Crippen LogP contribution in [0.25, 0.3) is 0 Å². The first-order valence-electron chi connectivity index (χ1n) is 5.61. The fourth-order valence-corrected chi connectivity index (χ4v) is 1.70. The Morgan fingerprint density at radius 1 is 1.08 bits per heavy atom. The number of rotatable bonds is 0. The van der Waals surface area contributed by atoms with E-state index in [-0.39, 0.29) is 0 Å². The summed E-state index contributed by atoms with van der Waals surface area (Å²) < 4.78 is 5.15. The van der Waals surface area contributed by atoms with Gasteiger partial charge in [0.15, 0.2) is 0 Å². The highest BCUT2D eigenvalue weighted by Crippen LogP contribution is 2.09. The Morgan fingerprint density at radius 3 is 2.00 bits per heavy atom. The van der Waals surface area contributed by atoms with Gasteiger partial charge >= 0.3 is 0 Å². The monoisotopic (exact) mass is 185 g/mol. The summed E-state index contributed by atoms with van der Waals surface area (Å²) in [5.74, 6) is 0.973. The molecule has 13 heavy (non-hydrogen) atoms. The van der Waals surface area contributed by atoms with Crippen molar-refractivity contribution in [1.82, 2.24) is 5.32 Å². The Hall–Kier alpha value is -0.0800. The SMILES string of the molecule is CC1CCCO1.CC1CCNCC1. The van der Waals surface area contributed by atoms with Crippen molar-refractivity contribution < 1.29 is 4.74 Å². The molecule has 0 bridgehead atoms. The molecule has 78 valence electrons. The number of hydrogen-bond donors (Lipinski definition) is 1. The van der Waals surface area contributed by atoms with Gasteiger partial charge in [-0.3, -0.25) is 0 Å². The van der Waals surface area contributed by atoms with Gasteiger partial charge in [0.05, 0.1) is 6.10 Å². The van der Waals surface area contributed by atoms with E-state index in [1.54, 1.807) is 0 Å². The Morgan fingerprint density at radius 2 is 1.77 bits per heavy atom. The van der Waals surface area contributed by atoms with Gasteiger partial charge in [-0.1, -0.05) is 6.92 Å². The molecule has 2 heterocycles. The molecule has 1 unspecified atom stereocenters. The molecule has 2 nitrogen and oxygen atoms in total. The summed E-state index contributed by atoms with van der Waals surface area (Å²) in [4.78, 5) is 0. The van der Waals surface area contributed by atoms with E-state index in [1.807, 2.05) is 0 Å². The van der Waals surface area contributed by atoms with E-state index in [1.165, 1.54) is 38.8 Å². The third-order valence-electron chi connectivity index (χ3n) is 2.79. The topological polar surface area (TPSA) is 21.3 Å². The van der Waals surface area contributed by atoms with E-state index < -0.39 is 0 Å². The van der Waals surface area contributed by atoms with Gasteiger partial charge in [-0.2, -0.15) is 0 Å². The molecule has 0 saturated carbocycles. The van der Waals surface area contributed by atoms with Gasteiger partial charge in [-0.25, -0.2) is 0 Å². The summed E-state index contributed by atoms with van der Waals surface area (Å²) in [5, 5.41) is 3.32. The molecule has 0 aromatic rings. The van der Waals surface area contributed by atoms with E-state index in [0.717, 1.165) is 12.5 Å². The molecule has 2 rings (SSSR count). The molecular formula is C11H23NO. The van der Waals surface area contributed by atoms with Gasteiger partial charge in [0.2, 0.25) is 0 Å². The van der Waals surface area contributed by atoms with E-state index in [4.69, 9.17) is 4.74 Å². The molecule has 0 aliphatic carbocycles. The molecule has 0 aromatic heterocycles. The maximum absolute atomic E-state index is 5.15. The first kappa shape index (κ1) is 11.0. The number of piperidine rings is 1. The van der Waals surface area contributed by atoms with Crippen LogP contribution in [0.4, 0.5) is 0 Å². The first-order chi connectivity index (χ1) is 6.29. The molecule has 0 amide bonds. The Labute approximate surface area is 82.0 Å². The molecule has 0 aromatic carbocycles. The van der Waals surface area contributed by atoms with Crippen molar-refractivity contribution in [3.63, 3.8) is 0 Å². The Balaban J connectivity index is 0.000000132. The highest BCUT2D eigenvalue weighted by atomic mass is 16.5. The van der Waals surface area contributed by atoms with Gasteiger partial charge in [0, 0.05) is 6.61 Å². The van der Waals surface area contributed by atoms with Crippen LogP contribution in [-0.2, 0) is 4.74 Å². The Kier molecular flexibility index (Phi) is 5.40. The summed E-state index contributed by atoms with van der Waals surface area (Å²) in [7, 11) is 0. The minimum absolute atomic E-state index is 0.546. The van der Waals surface area contributed by atoms with Crippen LogP contribution in [0.15, 0.2) is 0 Å². The standard InChI is InChI=1S/C6H13N.C5H10O/c1-6-2-4-7-5-3-6;1-5-3-2-4-6-5/h6-7H,2-5H2,1H3;5H,2-4H2,1H3. The van der Waals surface area contributed by atoms with Crippen LogP contribution in [0.3, 0.4) is 0 Å². The van der Waals surface area contributed by atoms with E-state index in [0.29, 0.717) is 6.10 Å². The molecular weight excluding hydrogens is 162 g/mol. The normalized spacial score (nSPS) is 29.5. The van der Waals surface area contributed by atoms with Crippen LogP contribution in [0.1, 0.15) is 39.5 Å². The molecule has 2 saturated heterocycles. The lowest BCUT2D eigenvalue weighted by atomic mass is 10.0. The quantitative estimate of drug-likeness (QED) is 0.624. The molecule has 2 fully saturated rings. The average Bonchev–Trinajstić information content (AvgIpc) is 2.58. The van der Waals surface area contributed by atoms with E-state index >= 15 is 0 Å². The summed E-state index contributed by atoms with van der Waals surface area (Å²) in [5.41, 5.74) is 0. The molecule has 2 aliphatic rings. The highest BCUT2D eigenvalue weighted by molar-refractivity contribution is 4.62. The molecule has 0 radical (unpaired) electrons. The third-order valence-corrected chi connectivity index (χ3v) is 2.79. The fraction of sp³-hybridized carbons (Fsp3) is 1.00. The second-order valence-corrected chi connectivity index (χ2v) is 4.26. The van der Waals surface area contributed by atoms with E-state index in [2.05, 4.69) is 19.2 Å². The zero-order valence-electron chi connectivity index (χ0n) is 9.01. The lowest BCUT2D eigenvalue weighted by Crippen LogP contribution is -2.26. The van der Waals surface area contributed by atoms with Gasteiger partial charge in [-0.05, 0) is 51.6 Å². The zero-order chi connectivity index (χ0) is 9.52. The average molecular weight is 185 g/mol. The number of ether oxygens (including phenoxy) is 1. The predicted molar refractivity (Wildman–Crippen MR) is 55.9 cm³/mol. The largest absolute Gasteiger partial charge is 0.379 e. The highest BCUT2D eigenvalue weighted by Gasteiger charge is 2.07. The third kappa shape index (κ3) is 5.27. The van der Waals surface area contributed by atoms with Crippen molar-refractivity contribution in [2.24, 2.45) is 5.92 Å². The lowest BCUT2D eigenvalue weighted by molar-refractivity contribution is 0.125. The fourth-order valence-electron chi connectivity index (χ4n) is 1.70. The first-order valence-corrected chi connectivity index (χ1v) is 5.61. The van der Waals surface area contributed by atoms with Crippen molar-refractivity contribution in [3.8, 4) is 0 Å². The summed E-state index contributed by atoms with van der Waals surface area (Å²) in [6, 6.07) is 0. The number of nitrogens with one attached hydrogen (secondary N) is 1. The maximum Gasteiger partial charge on any atom is 0.0547 e. The van der Waals surface area contributed by atoms with Crippen molar-refractivity contribution in [2.75, 3.05) is 19.7 Å². The van der Waals surface area contributed by atoms with Crippen molar-refractivity contribution >= 4 is 0 Å². The molecule has 2 aliphatic heterocycles. The second-order valence-electron chi connectivity index (χ2n) is 4.26. The maximum atomic E-state index is 5.15. The smallest absolute Gasteiger partial charge is 0.0547 e. The van der Waals surface area contributed by atoms with Gasteiger partial charge in [0.25, 0.3) is 0 Å². The van der Waals surface area contributed by atoms with Gasteiger partial charge < -0.3 is 10.1 Å².